The molecule has 0 spiro atoms. The van der Waals surface area contributed by atoms with E-state index in [0.717, 1.165) is 75.1 Å². The molecule has 30 heavy (non-hydrogen) atoms. The molecule has 4 rings (SSSR count). The Labute approximate surface area is 178 Å². The van der Waals surface area contributed by atoms with E-state index >= 15 is 0 Å². The van der Waals surface area contributed by atoms with Crippen LogP contribution in [0.2, 0.25) is 0 Å². The van der Waals surface area contributed by atoms with Crippen molar-refractivity contribution in [2.24, 2.45) is 0 Å². The molecule has 0 radical (unpaired) electrons. The monoisotopic (exact) mass is 412 g/mol. The summed E-state index contributed by atoms with van der Waals surface area (Å²) in [7, 11) is 0. The summed E-state index contributed by atoms with van der Waals surface area (Å²) in [5.74, 6) is 2.50. The van der Waals surface area contributed by atoms with E-state index in [1.54, 1.807) is 12.5 Å². The molecular formula is C22H32N6O2. The van der Waals surface area contributed by atoms with Crippen molar-refractivity contribution >= 4 is 11.7 Å². The lowest BCUT2D eigenvalue weighted by Crippen LogP contribution is -2.39. The Bertz CT molecular complexity index is 855. The van der Waals surface area contributed by atoms with Gasteiger partial charge in [0, 0.05) is 68.2 Å². The molecule has 2 aliphatic rings. The van der Waals surface area contributed by atoms with E-state index < -0.39 is 0 Å². The van der Waals surface area contributed by atoms with Gasteiger partial charge in [0.1, 0.15) is 11.6 Å². The number of rotatable bonds is 5. The zero-order valence-electron chi connectivity index (χ0n) is 18.3. The van der Waals surface area contributed by atoms with Gasteiger partial charge in [0.2, 0.25) is 5.91 Å². The number of amides is 1. The van der Waals surface area contributed by atoms with Gasteiger partial charge in [-0.15, -0.1) is 0 Å². The van der Waals surface area contributed by atoms with E-state index in [0.29, 0.717) is 12.3 Å². The lowest BCUT2D eigenvalue weighted by Gasteiger charge is -2.33. The molecule has 2 saturated heterocycles. The molecule has 1 atom stereocenters. The molecule has 1 unspecified atom stereocenters. The topological polar surface area (TPSA) is 76.4 Å². The van der Waals surface area contributed by atoms with Crippen LogP contribution in [0.15, 0.2) is 18.7 Å². The predicted octanol–water partition coefficient (Wildman–Crippen LogP) is 2.48. The third kappa shape index (κ3) is 4.48. The molecule has 2 aromatic heterocycles. The van der Waals surface area contributed by atoms with Crippen LogP contribution < -0.4 is 4.90 Å². The highest BCUT2D eigenvalue weighted by atomic mass is 16.5. The SMILES string of the molecule is Cc1nc(C2CCN(C(=O)CC(C)n3ccnc3)CC2)nc(N2CCOCC2)c1C. The largest absolute Gasteiger partial charge is 0.378 e. The number of hydrogen-bond acceptors (Lipinski definition) is 6. The van der Waals surface area contributed by atoms with Crippen molar-refractivity contribution < 1.29 is 9.53 Å². The zero-order valence-corrected chi connectivity index (χ0v) is 18.3. The normalized spacial score (nSPS) is 19.2. The number of morpholine rings is 1. The van der Waals surface area contributed by atoms with E-state index in [4.69, 9.17) is 14.7 Å². The van der Waals surface area contributed by atoms with Gasteiger partial charge >= 0.3 is 0 Å². The first-order chi connectivity index (χ1) is 14.5. The minimum atomic E-state index is 0.122. The summed E-state index contributed by atoms with van der Waals surface area (Å²) in [6.07, 6.45) is 7.76. The highest BCUT2D eigenvalue weighted by molar-refractivity contribution is 5.76. The Balaban J connectivity index is 1.39. The maximum absolute atomic E-state index is 12.7. The smallest absolute Gasteiger partial charge is 0.224 e. The van der Waals surface area contributed by atoms with E-state index in [2.05, 4.69) is 30.7 Å². The average molecular weight is 413 g/mol. The van der Waals surface area contributed by atoms with Gasteiger partial charge in [-0.25, -0.2) is 15.0 Å². The predicted molar refractivity (Wildman–Crippen MR) is 115 cm³/mol. The number of aromatic nitrogens is 4. The highest BCUT2D eigenvalue weighted by Gasteiger charge is 2.28. The van der Waals surface area contributed by atoms with Crippen LogP contribution in [0, 0.1) is 13.8 Å². The first kappa shape index (κ1) is 20.8. The molecule has 0 bridgehead atoms. The molecule has 2 aliphatic heterocycles. The molecule has 0 aliphatic carbocycles. The van der Waals surface area contributed by atoms with Crippen LogP contribution in [-0.4, -0.2) is 69.7 Å². The van der Waals surface area contributed by atoms with Crippen molar-refractivity contribution in [3.63, 3.8) is 0 Å². The average Bonchev–Trinajstić information content (AvgIpc) is 3.31. The van der Waals surface area contributed by atoms with Gasteiger partial charge in [-0.2, -0.15) is 0 Å². The molecular weight excluding hydrogens is 380 g/mol. The number of aryl methyl sites for hydroxylation is 1. The Kier molecular flexibility index (Phi) is 6.32. The van der Waals surface area contributed by atoms with Crippen LogP contribution in [0.4, 0.5) is 5.82 Å². The molecule has 8 heteroatoms. The lowest BCUT2D eigenvalue weighted by atomic mass is 9.95. The summed E-state index contributed by atoms with van der Waals surface area (Å²) in [5.41, 5.74) is 2.20. The van der Waals surface area contributed by atoms with Crippen molar-refractivity contribution in [2.45, 2.75) is 52.0 Å². The first-order valence-electron chi connectivity index (χ1n) is 11.0. The number of hydrogen-bond donors (Lipinski definition) is 0. The lowest BCUT2D eigenvalue weighted by molar-refractivity contribution is -0.133. The number of likely N-dealkylation sites (tertiary alicyclic amines) is 1. The van der Waals surface area contributed by atoms with Crippen molar-refractivity contribution in [1.82, 2.24) is 24.4 Å². The van der Waals surface area contributed by atoms with Crippen molar-refractivity contribution in [1.29, 1.82) is 0 Å². The van der Waals surface area contributed by atoms with Gasteiger partial charge in [-0.3, -0.25) is 4.79 Å². The Morgan fingerprint density at radius 3 is 2.57 bits per heavy atom. The molecule has 4 heterocycles. The van der Waals surface area contributed by atoms with Crippen LogP contribution in [0.5, 0.6) is 0 Å². The van der Waals surface area contributed by atoms with E-state index in [-0.39, 0.29) is 11.9 Å². The van der Waals surface area contributed by atoms with Crippen molar-refractivity contribution in [3.05, 3.63) is 35.8 Å². The second-order valence-electron chi connectivity index (χ2n) is 8.43. The van der Waals surface area contributed by atoms with Crippen molar-refractivity contribution in [2.75, 3.05) is 44.3 Å². The number of anilines is 1. The van der Waals surface area contributed by atoms with Crippen LogP contribution in [-0.2, 0) is 9.53 Å². The quantitative estimate of drug-likeness (QED) is 0.751. The van der Waals surface area contributed by atoms with Crippen LogP contribution in [0.25, 0.3) is 0 Å². The fourth-order valence-electron chi connectivity index (χ4n) is 4.30. The summed E-state index contributed by atoms with van der Waals surface area (Å²) in [6, 6.07) is 0.122. The molecule has 1 amide bonds. The van der Waals surface area contributed by atoms with Gasteiger partial charge in [-0.1, -0.05) is 0 Å². The van der Waals surface area contributed by atoms with Crippen LogP contribution in [0.1, 0.15) is 55.2 Å². The molecule has 2 aromatic rings. The van der Waals surface area contributed by atoms with E-state index in [9.17, 15) is 4.79 Å². The Morgan fingerprint density at radius 1 is 1.17 bits per heavy atom. The van der Waals surface area contributed by atoms with Gasteiger partial charge < -0.3 is 19.1 Å². The molecule has 0 saturated carbocycles. The fraction of sp³-hybridized carbons (Fsp3) is 0.636. The molecule has 0 aromatic carbocycles. The summed E-state index contributed by atoms with van der Waals surface area (Å²) < 4.78 is 7.48. The van der Waals surface area contributed by atoms with Gasteiger partial charge in [0.15, 0.2) is 0 Å². The first-order valence-corrected chi connectivity index (χ1v) is 11.0. The summed E-state index contributed by atoms with van der Waals surface area (Å²) in [5, 5.41) is 0. The second kappa shape index (κ2) is 9.12. The highest BCUT2D eigenvalue weighted by Crippen LogP contribution is 2.30. The van der Waals surface area contributed by atoms with Crippen molar-refractivity contribution in [3.8, 4) is 0 Å². The number of carbonyl (C=O) groups is 1. The van der Waals surface area contributed by atoms with Gasteiger partial charge in [0.25, 0.3) is 0 Å². The van der Waals surface area contributed by atoms with Gasteiger partial charge in [0.05, 0.1) is 19.5 Å². The third-order valence-corrected chi connectivity index (χ3v) is 6.41. The Hall–Kier alpha value is -2.48. The van der Waals surface area contributed by atoms with E-state index in [1.165, 1.54) is 0 Å². The zero-order chi connectivity index (χ0) is 21.1. The maximum atomic E-state index is 12.7. The third-order valence-electron chi connectivity index (χ3n) is 6.41. The minimum Gasteiger partial charge on any atom is -0.378 e. The van der Waals surface area contributed by atoms with Gasteiger partial charge in [-0.05, 0) is 33.6 Å². The number of ether oxygens (including phenoxy) is 1. The Morgan fingerprint density at radius 2 is 1.90 bits per heavy atom. The minimum absolute atomic E-state index is 0.122. The molecule has 162 valence electrons. The maximum Gasteiger partial charge on any atom is 0.224 e. The van der Waals surface area contributed by atoms with E-state index in [1.807, 2.05) is 15.7 Å². The molecule has 2 fully saturated rings. The molecule has 8 nitrogen and oxygen atoms in total. The fourth-order valence-corrected chi connectivity index (χ4v) is 4.30. The summed E-state index contributed by atoms with van der Waals surface area (Å²) in [4.78, 5) is 30.9. The molecule has 0 N–H and O–H groups in total. The number of piperidine rings is 1. The number of carbonyl (C=O) groups excluding carboxylic acids is 1. The number of nitrogens with zero attached hydrogens (tertiary/aromatic N) is 6. The standard InChI is InChI=1S/C22H32N6O2/c1-16(28-9-6-23-15-28)14-20(29)26-7-4-19(5-8-26)21-24-18(3)17(2)22(25-21)27-10-12-30-13-11-27/h6,9,15-16,19H,4-5,7-8,10-14H2,1-3H3. The summed E-state index contributed by atoms with van der Waals surface area (Å²) >= 11 is 0. The summed E-state index contributed by atoms with van der Waals surface area (Å²) in [6.45, 7) is 11.0. The second-order valence-corrected chi connectivity index (χ2v) is 8.43. The number of imidazole rings is 1. The van der Waals surface area contributed by atoms with Crippen LogP contribution in [0.3, 0.4) is 0 Å². The van der Waals surface area contributed by atoms with Crippen LogP contribution >= 0.6 is 0 Å².